The number of fused-ring (bicyclic) bond motifs is 2. The van der Waals surface area contributed by atoms with Gasteiger partial charge in [0, 0.05) is 11.1 Å². The molecule has 1 unspecified atom stereocenters. The lowest BCUT2D eigenvalue weighted by Crippen LogP contribution is -2.22. The fourth-order valence-electron chi connectivity index (χ4n) is 3.55. The number of thioether (sulfide) groups is 1. The van der Waals surface area contributed by atoms with Crippen molar-refractivity contribution in [3.8, 4) is 17.2 Å². The van der Waals surface area contributed by atoms with Gasteiger partial charge in [-0.15, -0.1) is 5.10 Å². The van der Waals surface area contributed by atoms with Gasteiger partial charge in [0.05, 0.1) is 43.3 Å². The van der Waals surface area contributed by atoms with E-state index in [1.54, 1.807) is 33.1 Å². The monoisotopic (exact) mass is 426 g/mol. The zero-order chi connectivity index (χ0) is 21.3. The summed E-state index contributed by atoms with van der Waals surface area (Å²) in [7, 11) is 4.76. The zero-order valence-corrected chi connectivity index (χ0v) is 17.6. The molecule has 10 heteroatoms. The largest absolute Gasteiger partial charge is 0.493 e. The molecule has 0 fully saturated rings. The van der Waals surface area contributed by atoms with Gasteiger partial charge in [-0.05, 0) is 24.6 Å². The Morgan fingerprint density at radius 2 is 1.90 bits per heavy atom. The maximum absolute atomic E-state index is 5.66. The van der Waals surface area contributed by atoms with Crippen LogP contribution in [-0.4, -0.2) is 48.2 Å². The SMILES string of the molecule is COc1cc2c(c(OC)c1OC)CC(Sc1nc3ccccc3[nH]1)/C2=N/N=C(N)N. The Bertz CT molecular complexity index is 1120. The van der Waals surface area contributed by atoms with Crippen molar-refractivity contribution in [2.45, 2.75) is 16.8 Å². The Morgan fingerprint density at radius 3 is 2.57 bits per heavy atom. The van der Waals surface area contributed by atoms with E-state index in [0.717, 1.165) is 27.3 Å². The first kappa shape index (κ1) is 19.9. The standard InChI is InChI=1S/C20H22N6O3S/c1-27-14-8-10-11(17(28-2)18(14)29-3)9-15(16(10)25-26-19(21)22)30-20-23-12-6-4-5-7-13(12)24-20/h4-8,15H,9H2,1-3H3,(H,23,24)(H4,21,22,26)/b25-16+. The quantitative estimate of drug-likeness (QED) is 0.313. The third kappa shape index (κ3) is 3.50. The number of benzene rings is 2. The Morgan fingerprint density at radius 1 is 1.13 bits per heavy atom. The molecule has 2 aromatic carbocycles. The Labute approximate surface area is 177 Å². The molecule has 0 radical (unpaired) electrons. The van der Waals surface area contributed by atoms with Crippen LogP contribution >= 0.6 is 11.8 Å². The number of nitrogens with two attached hydrogens (primary N) is 2. The highest BCUT2D eigenvalue weighted by atomic mass is 32.2. The number of aromatic nitrogens is 2. The predicted octanol–water partition coefficient (Wildman–Crippen LogP) is 2.28. The van der Waals surface area contributed by atoms with E-state index in [2.05, 4.69) is 20.2 Å². The minimum Gasteiger partial charge on any atom is -0.493 e. The van der Waals surface area contributed by atoms with Crippen LogP contribution < -0.4 is 25.7 Å². The van der Waals surface area contributed by atoms with Crippen LogP contribution in [0.25, 0.3) is 11.0 Å². The molecule has 5 N–H and O–H groups in total. The second-order valence-electron chi connectivity index (χ2n) is 6.55. The van der Waals surface area contributed by atoms with Crippen molar-refractivity contribution >= 4 is 34.5 Å². The summed E-state index contributed by atoms with van der Waals surface area (Å²) in [6.45, 7) is 0. The van der Waals surface area contributed by atoms with Gasteiger partial charge in [-0.2, -0.15) is 5.10 Å². The molecule has 156 valence electrons. The summed E-state index contributed by atoms with van der Waals surface area (Å²) >= 11 is 1.55. The first-order valence-corrected chi connectivity index (χ1v) is 10.0. The van der Waals surface area contributed by atoms with Gasteiger partial charge in [0.2, 0.25) is 11.7 Å². The highest BCUT2D eigenvalue weighted by Crippen LogP contribution is 2.47. The van der Waals surface area contributed by atoms with Crippen molar-refractivity contribution in [1.82, 2.24) is 9.97 Å². The van der Waals surface area contributed by atoms with Crippen LogP contribution in [0, 0.1) is 0 Å². The van der Waals surface area contributed by atoms with E-state index in [1.807, 2.05) is 30.3 Å². The summed E-state index contributed by atoms with van der Waals surface area (Å²) in [6.07, 6.45) is 0.638. The minimum absolute atomic E-state index is 0.0885. The van der Waals surface area contributed by atoms with Crippen molar-refractivity contribution < 1.29 is 14.2 Å². The first-order chi connectivity index (χ1) is 14.5. The Balaban J connectivity index is 1.80. The molecule has 0 aliphatic heterocycles. The topological polar surface area (TPSA) is 133 Å². The second kappa shape index (κ2) is 8.15. The summed E-state index contributed by atoms with van der Waals surface area (Å²) in [4.78, 5) is 8.00. The molecule has 0 saturated carbocycles. The van der Waals surface area contributed by atoms with Crippen molar-refractivity contribution in [3.05, 3.63) is 41.5 Å². The van der Waals surface area contributed by atoms with Crippen LogP contribution in [0.5, 0.6) is 17.2 Å². The molecule has 0 bridgehead atoms. The molecule has 0 amide bonds. The Kier molecular flexibility index (Phi) is 5.40. The summed E-state index contributed by atoms with van der Waals surface area (Å²) in [5.74, 6) is 1.57. The summed E-state index contributed by atoms with van der Waals surface area (Å²) in [5.41, 5.74) is 15.4. The maximum atomic E-state index is 5.66. The molecular weight excluding hydrogens is 404 g/mol. The van der Waals surface area contributed by atoms with E-state index < -0.39 is 0 Å². The van der Waals surface area contributed by atoms with Crippen molar-refractivity contribution in [3.63, 3.8) is 0 Å². The lowest BCUT2D eigenvalue weighted by Gasteiger charge is -2.15. The fraction of sp³-hybridized carbons (Fsp3) is 0.250. The normalized spacial score (nSPS) is 16.5. The molecule has 4 rings (SSSR count). The number of guanidine groups is 1. The number of nitrogens with zero attached hydrogens (tertiary/aromatic N) is 3. The van der Waals surface area contributed by atoms with Crippen LogP contribution in [-0.2, 0) is 6.42 Å². The fourth-order valence-corrected chi connectivity index (χ4v) is 4.67. The van der Waals surface area contributed by atoms with E-state index in [9.17, 15) is 0 Å². The number of H-pyrrole nitrogens is 1. The van der Waals surface area contributed by atoms with Crippen LogP contribution in [0.4, 0.5) is 0 Å². The van der Waals surface area contributed by atoms with E-state index in [4.69, 9.17) is 25.7 Å². The van der Waals surface area contributed by atoms with Crippen LogP contribution in [0.15, 0.2) is 45.7 Å². The lowest BCUT2D eigenvalue weighted by atomic mass is 10.1. The van der Waals surface area contributed by atoms with Gasteiger partial charge >= 0.3 is 0 Å². The molecule has 1 aromatic heterocycles. The van der Waals surface area contributed by atoms with Crippen LogP contribution in [0.1, 0.15) is 11.1 Å². The lowest BCUT2D eigenvalue weighted by molar-refractivity contribution is 0.322. The third-order valence-electron chi connectivity index (χ3n) is 4.80. The van der Waals surface area contributed by atoms with Gasteiger partial charge in [0.25, 0.3) is 0 Å². The van der Waals surface area contributed by atoms with Crippen molar-refractivity contribution in [1.29, 1.82) is 0 Å². The third-order valence-corrected chi connectivity index (χ3v) is 5.89. The molecular formula is C20H22N6O3S. The number of ether oxygens (including phenoxy) is 3. The molecule has 1 aliphatic rings. The van der Waals surface area contributed by atoms with Gasteiger partial charge in [-0.25, -0.2) is 4.98 Å². The van der Waals surface area contributed by atoms with Gasteiger partial charge < -0.3 is 30.7 Å². The number of imidazole rings is 1. The molecule has 0 spiro atoms. The van der Waals surface area contributed by atoms with Gasteiger partial charge in [-0.1, -0.05) is 23.9 Å². The summed E-state index contributed by atoms with van der Waals surface area (Å²) < 4.78 is 16.7. The van der Waals surface area contributed by atoms with Crippen molar-refractivity contribution in [2.75, 3.05) is 21.3 Å². The van der Waals surface area contributed by atoms with Crippen molar-refractivity contribution in [2.24, 2.45) is 21.7 Å². The second-order valence-corrected chi connectivity index (χ2v) is 7.74. The zero-order valence-electron chi connectivity index (χ0n) is 16.8. The molecule has 0 saturated heterocycles. The highest BCUT2D eigenvalue weighted by molar-refractivity contribution is 8.00. The van der Waals surface area contributed by atoms with Crippen LogP contribution in [0.2, 0.25) is 0 Å². The number of nitrogens with one attached hydrogen (secondary N) is 1. The summed E-state index contributed by atoms with van der Waals surface area (Å²) in [6, 6.07) is 9.75. The van der Waals surface area contributed by atoms with Crippen LogP contribution in [0.3, 0.4) is 0 Å². The van der Waals surface area contributed by atoms with E-state index in [-0.39, 0.29) is 11.2 Å². The van der Waals surface area contributed by atoms with Gasteiger partial charge in [0.1, 0.15) is 0 Å². The molecule has 9 nitrogen and oxygen atoms in total. The minimum atomic E-state index is -0.115. The number of hydrogen-bond donors (Lipinski definition) is 3. The molecule has 1 atom stereocenters. The molecule has 1 aliphatic carbocycles. The highest BCUT2D eigenvalue weighted by Gasteiger charge is 2.36. The predicted molar refractivity (Wildman–Crippen MR) is 118 cm³/mol. The number of rotatable bonds is 6. The van der Waals surface area contributed by atoms with E-state index in [1.165, 1.54) is 0 Å². The number of para-hydroxylation sites is 2. The average Bonchev–Trinajstić information content (AvgIpc) is 3.30. The maximum Gasteiger partial charge on any atom is 0.211 e. The van der Waals surface area contributed by atoms with Gasteiger partial charge in [0.15, 0.2) is 16.7 Å². The van der Waals surface area contributed by atoms with E-state index >= 15 is 0 Å². The first-order valence-electron chi connectivity index (χ1n) is 9.15. The average molecular weight is 427 g/mol. The Hall–Kier alpha value is -3.40. The smallest absolute Gasteiger partial charge is 0.211 e. The summed E-state index contributed by atoms with van der Waals surface area (Å²) in [5, 5.41) is 8.93. The molecule has 1 heterocycles. The molecule has 30 heavy (non-hydrogen) atoms. The molecule has 3 aromatic rings. The number of methoxy groups -OCH3 is 3. The van der Waals surface area contributed by atoms with Gasteiger partial charge in [-0.3, -0.25) is 0 Å². The number of hydrogen-bond acceptors (Lipinski definition) is 7. The number of aromatic amines is 1. The van der Waals surface area contributed by atoms with E-state index in [0.29, 0.717) is 29.4 Å².